The molecule has 7 nitrogen and oxygen atoms in total. The lowest BCUT2D eigenvalue weighted by molar-refractivity contribution is -0.688. The van der Waals surface area contributed by atoms with Crippen molar-refractivity contribution in [3.63, 3.8) is 0 Å². The lowest BCUT2D eigenvalue weighted by atomic mass is 9.89. The number of hydrogen-bond donors (Lipinski definition) is 1. The molecule has 1 saturated heterocycles. The van der Waals surface area contributed by atoms with Crippen LogP contribution in [0.15, 0.2) is 127 Å². The zero-order valence-corrected chi connectivity index (χ0v) is 26.1. The molecule has 6 rings (SSSR count). The number of pyridine rings is 1. The third-order valence-electron chi connectivity index (χ3n) is 8.17. The third-order valence-corrected chi connectivity index (χ3v) is 9.53. The summed E-state index contributed by atoms with van der Waals surface area (Å²) in [6.07, 6.45) is 8.30. The highest BCUT2D eigenvalue weighted by molar-refractivity contribution is 8.00. The van der Waals surface area contributed by atoms with E-state index in [9.17, 15) is 19.5 Å². The number of aliphatic hydroxyl groups excluding tert-OH is 1. The van der Waals surface area contributed by atoms with E-state index in [4.69, 9.17) is 4.74 Å². The zero-order chi connectivity index (χ0) is 31.9. The number of carbonyl (C=O) groups is 3. The first kappa shape index (κ1) is 31.2. The number of Topliss-reactive ketones (excluding diaryl/α,β-unsaturated/α-hetero) is 1. The molecule has 4 aromatic rings. The van der Waals surface area contributed by atoms with Gasteiger partial charge in [0, 0.05) is 36.3 Å². The van der Waals surface area contributed by atoms with Crippen LogP contribution in [0.1, 0.15) is 34.2 Å². The molecule has 0 bridgehead atoms. The van der Waals surface area contributed by atoms with E-state index in [2.05, 4.69) is 16.7 Å². The molecular formula is C38H35N2O5S+. The molecular weight excluding hydrogens is 596 g/mol. The van der Waals surface area contributed by atoms with Crippen LogP contribution in [0.5, 0.6) is 0 Å². The monoisotopic (exact) mass is 631 g/mol. The number of benzene rings is 3. The number of carbonyl (C=O) groups excluding carboxylic acids is 3. The molecule has 2 aliphatic rings. The number of aromatic nitrogens is 1. The molecule has 46 heavy (non-hydrogen) atoms. The number of nitrogens with zero attached hydrogens (tertiary/aromatic N) is 2. The number of amides is 1. The van der Waals surface area contributed by atoms with Crippen LogP contribution in [0.4, 0.5) is 0 Å². The van der Waals surface area contributed by atoms with Gasteiger partial charge in [-0.05, 0) is 27.8 Å². The fourth-order valence-corrected chi connectivity index (χ4v) is 7.06. The van der Waals surface area contributed by atoms with Crippen molar-refractivity contribution in [2.75, 3.05) is 5.75 Å². The number of fused-ring (bicyclic) bond motifs is 1. The maximum absolute atomic E-state index is 13.6. The van der Waals surface area contributed by atoms with E-state index in [0.29, 0.717) is 11.3 Å². The van der Waals surface area contributed by atoms with Gasteiger partial charge in [0.05, 0.1) is 17.9 Å². The van der Waals surface area contributed by atoms with Crippen LogP contribution in [0.25, 0.3) is 6.08 Å². The summed E-state index contributed by atoms with van der Waals surface area (Å²) < 4.78 is 7.83. The number of ketones is 1. The number of esters is 1. The molecule has 0 radical (unpaired) electrons. The Kier molecular flexibility index (Phi) is 9.86. The van der Waals surface area contributed by atoms with Gasteiger partial charge >= 0.3 is 5.97 Å². The van der Waals surface area contributed by atoms with Crippen LogP contribution in [-0.4, -0.2) is 38.8 Å². The van der Waals surface area contributed by atoms with E-state index < -0.39 is 11.9 Å². The van der Waals surface area contributed by atoms with Gasteiger partial charge in [0.2, 0.25) is 5.91 Å². The van der Waals surface area contributed by atoms with E-state index in [-0.39, 0.29) is 48.8 Å². The highest BCUT2D eigenvalue weighted by atomic mass is 32.2. The van der Waals surface area contributed by atoms with Crippen molar-refractivity contribution in [1.29, 1.82) is 0 Å². The van der Waals surface area contributed by atoms with E-state index in [1.54, 1.807) is 36.0 Å². The summed E-state index contributed by atoms with van der Waals surface area (Å²) in [5, 5.41) is 9.03. The van der Waals surface area contributed by atoms with Crippen LogP contribution >= 0.6 is 11.8 Å². The molecule has 2 atom stereocenters. The standard InChI is InChI=1S/C38H35N2O5S/c41-24-30-13-15-31(16-14-30)25-45-38(44)35-32(18-17-27-9-11-29(12-10-27)23-39-19-5-2-6-20-39)26-46-37-34(36(43)40(35)37)22-33(42)21-28-7-3-1-4-8-28/h1-20,34,37,41H,21-26H2/q+1/b18-17+/t34-,37?/m1/s1. The molecule has 232 valence electrons. The Morgan fingerprint density at radius 2 is 1.52 bits per heavy atom. The highest BCUT2D eigenvalue weighted by Crippen LogP contribution is 2.46. The number of β-lactam (4-membered cyclic amide) rings is 1. The summed E-state index contributed by atoms with van der Waals surface area (Å²) in [6.45, 7) is 0.728. The summed E-state index contributed by atoms with van der Waals surface area (Å²) in [6, 6.07) is 30.9. The van der Waals surface area contributed by atoms with Crippen LogP contribution < -0.4 is 4.57 Å². The van der Waals surface area contributed by atoms with Crippen molar-refractivity contribution in [2.24, 2.45) is 5.92 Å². The second-order valence-corrected chi connectivity index (χ2v) is 12.6. The minimum absolute atomic E-state index is 0.00374. The van der Waals surface area contributed by atoms with Gasteiger partial charge in [0.1, 0.15) is 18.1 Å². The zero-order valence-electron chi connectivity index (χ0n) is 25.3. The highest BCUT2D eigenvalue weighted by Gasteiger charge is 2.53. The Balaban J connectivity index is 1.19. The molecule has 1 N–H and O–H groups in total. The maximum atomic E-state index is 13.6. The fraction of sp³-hybridized carbons (Fsp3) is 0.211. The Bertz CT molecular complexity index is 1750. The molecule has 0 aliphatic carbocycles. The summed E-state index contributed by atoms with van der Waals surface area (Å²) >= 11 is 1.57. The molecule has 3 aromatic carbocycles. The summed E-state index contributed by atoms with van der Waals surface area (Å²) in [5.41, 5.74) is 5.54. The molecule has 1 aromatic heterocycles. The van der Waals surface area contributed by atoms with E-state index >= 15 is 0 Å². The molecule has 3 heterocycles. The lowest BCUT2D eigenvalue weighted by Gasteiger charge is -2.49. The van der Waals surface area contributed by atoms with Crippen molar-refractivity contribution in [3.05, 3.63) is 155 Å². The number of hydrogen-bond acceptors (Lipinski definition) is 6. The average Bonchev–Trinajstić information content (AvgIpc) is 3.10. The molecule has 2 aliphatic heterocycles. The van der Waals surface area contributed by atoms with Gasteiger partial charge < -0.3 is 9.84 Å². The summed E-state index contributed by atoms with van der Waals surface area (Å²) in [7, 11) is 0. The Morgan fingerprint density at radius 3 is 2.24 bits per heavy atom. The smallest absolute Gasteiger partial charge is 0.355 e. The lowest BCUT2D eigenvalue weighted by Crippen LogP contribution is -2.61. The third kappa shape index (κ3) is 7.36. The topological polar surface area (TPSA) is 87.8 Å². The molecule has 0 spiro atoms. The Morgan fingerprint density at radius 1 is 0.848 bits per heavy atom. The molecule has 1 fully saturated rings. The van der Waals surface area contributed by atoms with Crippen molar-refractivity contribution in [1.82, 2.24) is 4.90 Å². The molecule has 1 amide bonds. The quantitative estimate of drug-likeness (QED) is 0.131. The van der Waals surface area contributed by atoms with Crippen LogP contribution in [0.3, 0.4) is 0 Å². The Labute approximate surface area is 272 Å². The predicted octanol–water partition coefficient (Wildman–Crippen LogP) is 5.26. The van der Waals surface area contributed by atoms with Gasteiger partial charge in [-0.25, -0.2) is 9.36 Å². The van der Waals surface area contributed by atoms with Crippen LogP contribution in [0, 0.1) is 5.92 Å². The molecule has 0 saturated carbocycles. The maximum Gasteiger partial charge on any atom is 0.355 e. The van der Waals surface area contributed by atoms with Crippen molar-refractivity contribution >= 4 is 35.5 Å². The average molecular weight is 632 g/mol. The molecule has 8 heteroatoms. The first-order valence-electron chi connectivity index (χ1n) is 15.3. The van der Waals surface area contributed by atoms with Crippen molar-refractivity contribution in [3.8, 4) is 0 Å². The SMILES string of the molecule is O=C(Cc1ccccc1)C[C@@H]1C(=O)N2C(C(=O)OCc3ccc(CO)cc3)=C(/C=C/c3ccc(C[n+]4ccccc4)cc3)CSC12. The second kappa shape index (κ2) is 14.5. The van der Waals surface area contributed by atoms with Gasteiger partial charge in [0.25, 0.3) is 0 Å². The minimum Gasteiger partial charge on any atom is -0.456 e. The van der Waals surface area contributed by atoms with Gasteiger partial charge in [-0.15, -0.1) is 11.8 Å². The summed E-state index contributed by atoms with van der Waals surface area (Å²) in [4.78, 5) is 41.5. The van der Waals surface area contributed by atoms with Gasteiger partial charge in [-0.2, -0.15) is 0 Å². The van der Waals surface area contributed by atoms with Crippen LogP contribution in [-0.2, 0) is 45.3 Å². The van der Waals surface area contributed by atoms with Crippen molar-refractivity contribution < 1.29 is 28.8 Å². The fourth-order valence-electron chi connectivity index (χ4n) is 5.68. The number of allylic oxidation sites excluding steroid dienone is 1. The van der Waals surface area contributed by atoms with E-state index in [1.165, 1.54) is 10.5 Å². The van der Waals surface area contributed by atoms with Crippen LogP contribution in [0.2, 0.25) is 0 Å². The van der Waals surface area contributed by atoms with E-state index in [0.717, 1.165) is 28.8 Å². The predicted molar refractivity (Wildman–Crippen MR) is 177 cm³/mol. The number of aliphatic hydroxyl groups is 1. The Hall–Kier alpha value is -4.79. The first-order chi connectivity index (χ1) is 22.5. The number of rotatable bonds is 12. The van der Waals surface area contributed by atoms with Crippen molar-refractivity contribution in [2.45, 2.75) is 38.0 Å². The first-order valence-corrected chi connectivity index (χ1v) is 16.3. The van der Waals surface area contributed by atoms with Gasteiger partial charge in [-0.1, -0.05) is 97.1 Å². The minimum atomic E-state index is -0.575. The largest absolute Gasteiger partial charge is 0.456 e. The van der Waals surface area contributed by atoms with E-state index in [1.807, 2.05) is 85.2 Å². The number of thioether (sulfide) groups is 1. The second-order valence-electron chi connectivity index (χ2n) is 11.5. The summed E-state index contributed by atoms with van der Waals surface area (Å²) in [5.74, 6) is -0.771. The molecule has 1 unspecified atom stereocenters. The number of ether oxygens (including phenoxy) is 1. The van der Waals surface area contributed by atoms with Gasteiger partial charge in [0.15, 0.2) is 18.9 Å². The normalized spacial score (nSPS) is 17.5. The van der Waals surface area contributed by atoms with Gasteiger partial charge in [-0.3, -0.25) is 14.5 Å².